The second-order valence-electron chi connectivity index (χ2n) is 7.24. The minimum absolute atomic E-state index is 0.0313. The summed E-state index contributed by atoms with van der Waals surface area (Å²) in [4.78, 5) is 34.8. The van der Waals surface area contributed by atoms with Crippen LogP contribution in [-0.2, 0) is 4.79 Å². The van der Waals surface area contributed by atoms with Crippen molar-refractivity contribution in [2.45, 2.75) is 31.8 Å². The van der Waals surface area contributed by atoms with Crippen LogP contribution >= 0.6 is 11.6 Å². The van der Waals surface area contributed by atoms with Crippen molar-refractivity contribution in [1.29, 1.82) is 0 Å². The zero-order valence-corrected chi connectivity index (χ0v) is 17.0. The van der Waals surface area contributed by atoms with E-state index in [-0.39, 0.29) is 35.6 Å². The fraction of sp³-hybridized carbons (Fsp3) is 0.350. The Morgan fingerprint density at radius 1 is 1.27 bits per heavy atom. The van der Waals surface area contributed by atoms with E-state index in [4.69, 9.17) is 11.6 Å². The molecule has 0 bridgehead atoms. The number of hydrazone groups is 1. The van der Waals surface area contributed by atoms with Crippen LogP contribution in [0, 0.1) is 5.82 Å². The summed E-state index contributed by atoms with van der Waals surface area (Å²) in [5.41, 5.74) is 1.94. The van der Waals surface area contributed by atoms with Gasteiger partial charge in [0.15, 0.2) is 0 Å². The van der Waals surface area contributed by atoms with E-state index in [2.05, 4.69) is 20.4 Å². The zero-order valence-electron chi connectivity index (χ0n) is 16.3. The molecule has 4 rings (SSSR count). The molecule has 3 amide bonds. The highest BCUT2D eigenvalue weighted by atomic mass is 35.5. The highest BCUT2D eigenvalue weighted by Crippen LogP contribution is 2.24. The van der Waals surface area contributed by atoms with Crippen molar-refractivity contribution in [2.24, 2.45) is 5.10 Å². The van der Waals surface area contributed by atoms with Gasteiger partial charge in [-0.1, -0.05) is 12.1 Å². The van der Waals surface area contributed by atoms with E-state index < -0.39 is 6.03 Å². The van der Waals surface area contributed by atoms with Crippen molar-refractivity contribution in [3.05, 3.63) is 58.9 Å². The number of rotatable bonds is 4. The molecule has 1 N–H and O–H groups in total. The molecule has 1 aromatic carbocycles. The fourth-order valence-electron chi connectivity index (χ4n) is 3.62. The van der Waals surface area contributed by atoms with Crippen molar-refractivity contribution in [2.75, 3.05) is 13.1 Å². The van der Waals surface area contributed by atoms with E-state index in [1.54, 1.807) is 36.4 Å². The Kier molecular flexibility index (Phi) is 5.63. The summed E-state index contributed by atoms with van der Waals surface area (Å²) >= 11 is 5.71. The highest BCUT2D eigenvalue weighted by Gasteiger charge is 2.39. The van der Waals surface area contributed by atoms with Crippen molar-refractivity contribution in [1.82, 2.24) is 25.2 Å². The van der Waals surface area contributed by atoms with Gasteiger partial charge in [0.2, 0.25) is 11.2 Å². The number of nitrogens with one attached hydrogen (secondary N) is 1. The number of aromatic nitrogens is 2. The molecule has 0 saturated carbocycles. The highest BCUT2D eigenvalue weighted by molar-refractivity contribution is 6.28. The van der Waals surface area contributed by atoms with Crippen molar-refractivity contribution >= 4 is 29.3 Å². The molecule has 8 nitrogen and oxygen atoms in total. The predicted molar refractivity (Wildman–Crippen MR) is 108 cm³/mol. The van der Waals surface area contributed by atoms with Crippen LogP contribution in [0.25, 0.3) is 0 Å². The van der Waals surface area contributed by atoms with E-state index >= 15 is 0 Å². The third-order valence-electron chi connectivity index (χ3n) is 5.23. The number of halogens is 2. The van der Waals surface area contributed by atoms with Gasteiger partial charge in [0.05, 0.1) is 24.3 Å². The summed E-state index contributed by atoms with van der Waals surface area (Å²) in [6.45, 7) is 2.64. The fourth-order valence-corrected chi connectivity index (χ4v) is 3.72. The standard InChI is InChI=1S/C20H20ClFN6O2/c1-12(14-9-23-19(21)24-10-14)25-20(30)28-11-16(27-8-2-3-17(27)29)18(26-28)13-4-6-15(22)7-5-13/h4-7,9-10,12,16H,2-3,8,11H2,1H3,(H,25,30)/t12?,16-/m0/s1. The normalized spacial score (nSPS) is 19.8. The Labute approximate surface area is 177 Å². The number of carbonyl (C=O) groups excluding carboxylic acids is 2. The minimum Gasteiger partial charge on any atom is -0.332 e. The third-order valence-corrected chi connectivity index (χ3v) is 5.43. The van der Waals surface area contributed by atoms with E-state index in [0.717, 1.165) is 6.42 Å². The largest absolute Gasteiger partial charge is 0.338 e. The Bertz CT molecular complexity index is 982. The lowest BCUT2D eigenvalue weighted by molar-refractivity contribution is -0.128. The van der Waals surface area contributed by atoms with Crippen LogP contribution in [0.1, 0.15) is 36.9 Å². The number of hydrogen-bond donors (Lipinski definition) is 1. The lowest BCUT2D eigenvalue weighted by Gasteiger charge is -2.25. The van der Waals surface area contributed by atoms with Gasteiger partial charge in [-0.2, -0.15) is 5.10 Å². The number of likely N-dealkylation sites (tertiary alicyclic amines) is 1. The summed E-state index contributed by atoms with van der Waals surface area (Å²) in [7, 11) is 0. The second-order valence-corrected chi connectivity index (χ2v) is 7.58. The van der Waals surface area contributed by atoms with E-state index in [0.29, 0.717) is 29.8 Å². The average molecular weight is 431 g/mol. The molecule has 0 radical (unpaired) electrons. The van der Waals surface area contributed by atoms with Gasteiger partial charge in [0.1, 0.15) is 5.82 Å². The van der Waals surface area contributed by atoms with E-state index in [1.165, 1.54) is 17.1 Å². The van der Waals surface area contributed by atoms with Gasteiger partial charge in [-0.05, 0) is 37.1 Å². The first kappa shape index (κ1) is 20.2. The Balaban J connectivity index is 1.55. The molecule has 1 unspecified atom stereocenters. The molecular formula is C20H20ClFN6O2. The molecule has 2 aliphatic heterocycles. The molecule has 0 aliphatic carbocycles. The molecule has 1 saturated heterocycles. The Morgan fingerprint density at radius 2 is 1.97 bits per heavy atom. The number of urea groups is 1. The number of hydrogen-bond acceptors (Lipinski definition) is 5. The van der Waals surface area contributed by atoms with Gasteiger partial charge < -0.3 is 10.2 Å². The molecule has 1 fully saturated rings. The lowest BCUT2D eigenvalue weighted by Crippen LogP contribution is -2.46. The number of amides is 3. The van der Waals surface area contributed by atoms with Crippen LogP contribution in [0.15, 0.2) is 41.8 Å². The van der Waals surface area contributed by atoms with Crippen LogP contribution in [-0.4, -0.2) is 56.7 Å². The van der Waals surface area contributed by atoms with Crippen LogP contribution in [0.2, 0.25) is 5.28 Å². The van der Waals surface area contributed by atoms with E-state index in [1.807, 2.05) is 0 Å². The maximum Gasteiger partial charge on any atom is 0.338 e. The quantitative estimate of drug-likeness (QED) is 0.755. The first-order valence-corrected chi connectivity index (χ1v) is 9.99. The molecule has 2 aliphatic rings. The van der Waals surface area contributed by atoms with Gasteiger partial charge in [-0.15, -0.1) is 0 Å². The molecule has 2 atom stereocenters. The number of carbonyl (C=O) groups is 2. The molecule has 156 valence electrons. The molecule has 3 heterocycles. The number of nitrogens with zero attached hydrogens (tertiary/aromatic N) is 5. The van der Waals surface area contributed by atoms with Crippen LogP contribution in [0.4, 0.5) is 9.18 Å². The van der Waals surface area contributed by atoms with Gasteiger partial charge >= 0.3 is 6.03 Å². The third kappa shape index (κ3) is 4.11. The summed E-state index contributed by atoms with van der Waals surface area (Å²) in [6.07, 6.45) is 4.34. The molecule has 30 heavy (non-hydrogen) atoms. The van der Waals surface area contributed by atoms with Crippen molar-refractivity contribution in [3.8, 4) is 0 Å². The lowest BCUT2D eigenvalue weighted by atomic mass is 10.0. The molecule has 2 aromatic rings. The molecular weight excluding hydrogens is 411 g/mol. The zero-order chi connectivity index (χ0) is 21.3. The average Bonchev–Trinajstić information content (AvgIpc) is 3.35. The van der Waals surface area contributed by atoms with Crippen LogP contribution < -0.4 is 5.32 Å². The number of benzene rings is 1. The van der Waals surface area contributed by atoms with Crippen LogP contribution in [0.3, 0.4) is 0 Å². The maximum absolute atomic E-state index is 13.4. The summed E-state index contributed by atoms with van der Waals surface area (Å²) in [5.74, 6) is -0.330. The molecule has 10 heteroatoms. The summed E-state index contributed by atoms with van der Waals surface area (Å²) in [6, 6.07) is 4.74. The van der Waals surface area contributed by atoms with E-state index in [9.17, 15) is 14.0 Å². The smallest absolute Gasteiger partial charge is 0.332 e. The molecule has 0 spiro atoms. The first-order valence-electron chi connectivity index (χ1n) is 9.62. The van der Waals surface area contributed by atoms with Gasteiger partial charge in [-0.3, -0.25) is 4.79 Å². The van der Waals surface area contributed by atoms with Crippen LogP contribution in [0.5, 0.6) is 0 Å². The summed E-state index contributed by atoms with van der Waals surface area (Å²) in [5, 5.41) is 8.77. The molecule has 1 aromatic heterocycles. The van der Waals surface area contributed by atoms with Gasteiger partial charge in [-0.25, -0.2) is 24.2 Å². The van der Waals surface area contributed by atoms with Crippen molar-refractivity contribution in [3.63, 3.8) is 0 Å². The second kappa shape index (κ2) is 8.35. The topological polar surface area (TPSA) is 90.8 Å². The Hall–Kier alpha value is -3.07. The van der Waals surface area contributed by atoms with Crippen molar-refractivity contribution < 1.29 is 14.0 Å². The predicted octanol–water partition coefficient (Wildman–Crippen LogP) is 2.75. The monoisotopic (exact) mass is 430 g/mol. The first-order chi connectivity index (χ1) is 14.4. The maximum atomic E-state index is 13.4. The minimum atomic E-state index is -0.411. The summed E-state index contributed by atoms with van der Waals surface area (Å²) < 4.78 is 13.4. The Morgan fingerprint density at radius 3 is 2.60 bits per heavy atom. The SMILES string of the molecule is CC(NC(=O)N1C[C@H](N2CCCC2=O)C(c2ccc(F)cc2)=N1)c1cnc(Cl)nc1. The van der Waals surface area contributed by atoms with Gasteiger partial charge in [0, 0.05) is 36.5 Å². The van der Waals surface area contributed by atoms with Gasteiger partial charge in [0.25, 0.3) is 0 Å².